The second-order valence-electron chi connectivity index (χ2n) is 6.76. The second-order valence-corrected chi connectivity index (χ2v) is 6.76. The van der Waals surface area contributed by atoms with Crippen LogP contribution >= 0.6 is 0 Å². The van der Waals surface area contributed by atoms with Gasteiger partial charge in [-0.2, -0.15) is 0 Å². The molecule has 0 saturated carbocycles. The van der Waals surface area contributed by atoms with Gasteiger partial charge in [-0.3, -0.25) is 4.79 Å². The first-order valence-corrected chi connectivity index (χ1v) is 9.41. The largest absolute Gasteiger partial charge is 0.482 e. The van der Waals surface area contributed by atoms with Gasteiger partial charge in [0.05, 0.1) is 0 Å². The number of para-hydroxylation sites is 2. The van der Waals surface area contributed by atoms with Crippen LogP contribution in [0.4, 0.5) is 14.5 Å². The van der Waals surface area contributed by atoms with E-state index in [-0.39, 0.29) is 0 Å². The maximum absolute atomic E-state index is 13.6. The van der Waals surface area contributed by atoms with Gasteiger partial charge in [0.25, 0.3) is 5.91 Å². The van der Waals surface area contributed by atoms with Crippen molar-refractivity contribution in [2.24, 2.45) is 0 Å². The third-order valence-corrected chi connectivity index (χ3v) is 4.59. The summed E-state index contributed by atoms with van der Waals surface area (Å²) in [5.41, 5.74) is 0.814. The summed E-state index contributed by atoms with van der Waals surface area (Å²) in [7, 11) is 0. The Hall–Kier alpha value is -3.94. The number of rotatable bonds is 6. The van der Waals surface area contributed by atoms with E-state index in [0.717, 1.165) is 28.5 Å². The number of furan rings is 1. The first kappa shape index (κ1) is 20.3. The van der Waals surface area contributed by atoms with E-state index in [2.05, 4.69) is 5.32 Å². The standard InChI is InChI=1S/C23H17F2NO5/c1-13(23(28)26-22-17(24)6-4-7-18(22)25)30-21(27)12-29-14-9-10-20-16(11-14)15-5-2-3-8-19(15)31-20/h2-11,13H,12H2,1H3,(H,26,28). The Morgan fingerprint density at radius 3 is 2.45 bits per heavy atom. The molecule has 0 saturated heterocycles. The fourth-order valence-corrected chi connectivity index (χ4v) is 3.06. The molecule has 1 N–H and O–H groups in total. The van der Waals surface area contributed by atoms with Crippen LogP contribution in [0.3, 0.4) is 0 Å². The third-order valence-electron chi connectivity index (χ3n) is 4.59. The molecule has 1 aromatic heterocycles. The summed E-state index contributed by atoms with van der Waals surface area (Å²) in [5, 5.41) is 3.82. The van der Waals surface area contributed by atoms with Crippen LogP contribution in [0.2, 0.25) is 0 Å². The third kappa shape index (κ3) is 4.32. The number of nitrogens with one attached hydrogen (secondary N) is 1. The maximum Gasteiger partial charge on any atom is 0.344 e. The normalized spacial score (nSPS) is 12.0. The average molecular weight is 425 g/mol. The van der Waals surface area contributed by atoms with Crippen LogP contribution in [0.1, 0.15) is 6.92 Å². The summed E-state index contributed by atoms with van der Waals surface area (Å²) in [6.45, 7) is 0.836. The molecule has 0 bridgehead atoms. The van der Waals surface area contributed by atoms with Gasteiger partial charge in [-0.05, 0) is 43.3 Å². The first-order valence-electron chi connectivity index (χ1n) is 9.41. The van der Waals surface area contributed by atoms with Gasteiger partial charge in [0.1, 0.15) is 34.2 Å². The summed E-state index contributed by atoms with van der Waals surface area (Å²) in [6.07, 6.45) is -1.28. The maximum atomic E-state index is 13.6. The number of ether oxygens (including phenoxy) is 2. The van der Waals surface area contributed by atoms with Crippen LogP contribution in [0.15, 0.2) is 65.1 Å². The monoisotopic (exact) mass is 425 g/mol. The molecule has 1 amide bonds. The highest BCUT2D eigenvalue weighted by Gasteiger charge is 2.21. The highest BCUT2D eigenvalue weighted by Crippen LogP contribution is 2.31. The smallest absolute Gasteiger partial charge is 0.344 e. The van der Waals surface area contributed by atoms with Gasteiger partial charge in [-0.15, -0.1) is 0 Å². The number of hydrogen-bond acceptors (Lipinski definition) is 5. The molecule has 1 heterocycles. The zero-order valence-corrected chi connectivity index (χ0v) is 16.4. The second kappa shape index (κ2) is 8.43. The van der Waals surface area contributed by atoms with E-state index in [1.807, 2.05) is 24.3 Å². The molecule has 1 unspecified atom stereocenters. The van der Waals surface area contributed by atoms with Crippen molar-refractivity contribution >= 4 is 39.5 Å². The van der Waals surface area contributed by atoms with Crippen LogP contribution in [0, 0.1) is 11.6 Å². The molecule has 31 heavy (non-hydrogen) atoms. The van der Waals surface area contributed by atoms with Crippen molar-refractivity contribution in [2.45, 2.75) is 13.0 Å². The van der Waals surface area contributed by atoms with Gasteiger partial charge in [0.2, 0.25) is 0 Å². The minimum atomic E-state index is -1.28. The zero-order valence-electron chi connectivity index (χ0n) is 16.4. The van der Waals surface area contributed by atoms with Gasteiger partial charge < -0.3 is 19.2 Å². The summed E-state index contributed by atoms with van der Waals surface area (Å²) >= 11 is 0. The van der Waals surface area contributed by atoms with Crippen LogP contribution in [0.25, 0.3) is 21.9 Å². The summed E-state index contributed by atoms with van der Waals surface area (Å²) in [4.78, 5) is 24.1. The van der Waals surface area contributed by atoms with Crippen LogP contribution in [-0.2, 0) is 14.3 Å². The molecular formula is C23H17F2NO5. The number of carbonyl (C=O) groups is 2. The van der Waals surface area contributed by atoms with Gasteiger partial charge in [-0.1, -0.05) is 24.3 Å². The van der Waals surface area contributed by atoms with Crippen molar-refractivity contribution in [1.82, 2.24) is 0 Å². The van der Waals surface area contributed by atoms with Gasteiger partial charge in [0.15, 0.2) is 12.7 Å². The van der Waals surface area contributed by atoms with Crippen LogP contribution in [0.5, 0.6) is 5.75 Å². The van der Waals surface area contributed by atoms with Crippen LogP contribution < -0.4 is 10.1 Å². The molecule has 4 aromatic rings. The zero-order chi connectivity index (χ0) is 22.0. The molecular weight excluding hydrogens is 408 g/mol. The number of amides is 1. The van der Waals surface area contributed by atoms with E-state index in [1.165, 1.54) is 13.0 Å². The fourth-order valence-electron chi connectivity index (χ4n) is 3.06. The van der Waals surface area contributed by atoms with Crippen molar-refractivity contribution in [3.63, 3.8) is 0 Å². The Morgan fingerprint density at radius 1 is 0.968 bits per heavy atom. The Balaban J connectivity index is 1.36. The summed E-state index contributed by atoms with van der Waals surface area (Å²) in [6, 6.07) is 15.8. The number of esters is 1. The van der Waals surface area contributed by atoms with E-state index >= 15 is 0 Å². The quantitative estimate of drug-likeness (QED) is 0.449. The highest BCUT2D eigenvalue weighted by atomic mass is 19.1. The van der Waals surface area contributed by atoms with Crippen molar-refractivity contribution in [3.05, 3.63) is 72.3 Å². The lowest BCUT2D eigenvalue weighted by molar-refractivity contribution is -0.155. The lowest BCUT2D eigenvalue weighted by Gasteiger charge is -2.14. The SMILES string of the molecule is CC(OC(=O)COc1ccc2oc3ccccc3c2c1)C(=O)Nc1c(F)cccc1F. The highest BCUT2D eigenvalue weighted by molar-refractivity contribution is 6.05. The minimum absolute atomic E-state index is 0.418. The van der Waals surface area contributed by atoms with E-state index < -0.39 is 41.9 Å². The molecule has 8 heteroatoms. The average Bonchev–Trinajstić information content (AvgIpc) is 3.12. The number of anilines is 1. The molecule has 4 rings (SSSR count). The van der Waals surface area contributed by atoms with E-state index in [9.17, 15) is 18.4 Å². The summed E-state index contributed by atoms with van der Waals surface area (Å²) in [5.74, 6) is -3.13. The molecule has 0 fully saturated rings. The van der Waals surface area contributed by atoms with Crippen molar-refractivity contribution in [3.8, 4) is 5.75 Å². The number of benzene rings is 3. The molecule has 3 aromatic carbocycles. The predicted octanol–water partition coefficient (Wildman–Crippen LogP) is 4.81. The number of carbonyl (C=O) groups excluding carboxylic acids is 2. The molecule has 0 radical (unpaired) electrons. The fraction of sp³-hybridized carbons (Fsp3) is 0.130. The lowest BCUT2D eigenvalue weighted by atomic mass is 10.1. The van der Waals surface area contributed by atoms with E-state index in [1.54, 1.807) is 18.2 Å². The van der Waals surface area contributed by atoms with Gasteiger partial charge >= 0.3 is 5.97 Å². The molecule has 0 aliphatic heterocycles. The molecule has 0 aliphatic rings. The molecule has 158 valence electrons. The van der Waals surface area contributed by atoms with Crippen molar-refractivity contribution in [2.75, 3.05) is 11.9 Å². The molecule has 0 spiro atoms. The van der Waals surface area contributed by atoms with Crippen LogP contribution in [-0.4, -0.2) is 24.6 Å². The topological polar surface area (TPSA) is 77.8 Å². The van der Waals surface area contributed by atoms with Crippen molar-refractivity contribution in [1.29, 1.82) is 0 Å². The van der Waals surface area contributed by atoms with Crippen molar-refractivity contribution < 1.29 is 32.3 Å². The van der Waals surface area contributed by atoms with Gasteiger partial charge in [-0.25, -0.2) is 13.6 Å². The number of hydrogen-bond donors (Lipinski definition) is 1. The Kier molecular flexibility index (Phi) is 5.53. The van der Waals surface area contributed by atoms with Gasteiger partial charge in [0, 0.05) is 10.8 Å². The minimum Gasteiger partial charge on any atom is -0.482 e. The first-order chi connectivity index (χ1) is 14.9. The predicted molar refractivity (Wildman–Crippen MR) is 110 cm³/mol. The number of fused-ring (bicyclic) bond motifs is 3. The number of halogens is 2. The lowest BCUT2D eigenvalue weighted by Crippen LogP contribution is -2.32. The van der Waals surface area contributed by atoms with E-state index in [0.29, 0.717) is 11.3 Å². The Morgan fingerprint density at radius 2 is 1.68 bits per heavy atom. The molecule has 1 atom stereocenters. The van der Waals surface area contributed by atoms with E-state index in [4.69, 9.17) is 13.9 Å². The molecule has 0 aliphatic carbocycles. The summed E-state index contributed by atoms with van der Waals surface area (Å²) < 4.78 is 43.5. The molecule has 6 nitrogen and oxygen atoms in total. The Bertz CT molecular complexity index is 1260. The Labute approximate surface area is 175 Å².